The average Bonchev–Trinajstić information content (AvgIpc) is 3.40. The molecule has 1 aliphatic rings. The second kappa shape index (κ2) is 9.74. The molecule has 1 aromatic heterocycles. The third-order valence-corrected chi connectivity index (χ3v) is 5.47. The first-order valence-corrected chi connectivity index (χ1v) is 10.7. The maximum absolute atomic E-state index is 14.3. The third kappa shape index (κ3) is 5.22. The number of hydrogen-bond acceptors (Lipinski definition) is 5. The number of aryl methyl sites for hydroxylation is 1. The van der Waals surface area contributed by atoms with Gasteiger partial charge in [0.05, 0.1) is 30.6 Å². The predicted molar refractivity (Wildman–Crippen MR) is 124 cm³/mol. The number of rotatable bonds is 7. The number of aromatic nitrogens is 2. The maximum Gasteiger partial charge on any atom is 0.246 e. The molecule has 0 radical (unpaired) electrons. The lowest BCUT2D eigenvalue weighted by molar-refractivity contribution is -0.122. The molecule has 3 aromatic rings. The van der Waals surface area contributed by atoms with Crippen LogP contribution in [0.25, 0.3) is 0 Å². The fraction of sp³-hybridized carbons (Fsp3) is 0.250. The fourth-order valence-corrected chi connectivity index (χ4v) is 3.73. The van der Waals surface area contributed by atoms with E-state index in [1.165, 1.54) is 28.0 Å². The van der Waals surface area contributed by atoms with Gasteiger partial charge in [-0.3, -0.25) is 19.1 Å². The van der Waals surface area contributed by atoms with E-state index in [4.69, 9.17) is 4.74 Å². The first kappa shape index (κ1) is 23.0. The van der Waals surface area contributed by atoms with Gasteiger partial charge in [0.25, 0.3) is 0 Å². The molecule has 10 heteroatoms. The smallest absolute Gasteiger partial charge is 0.246 e. The Morgan fingerprint density at radius 1 is 1.15 bits per heavy atom. The SMILES string of the molecule is COc1ccc(NC(=O)Cn2cc(NC(=O)C3CC(=O)N(c4ccc(C)cc4F)C3)cn2)cc1. The van der Waals surface area contributed by atoms with Gasteiger partial charge in [0.2, 0.25) is 17.7 Å². The zero-order valence-electron chi connectivity index (χ0n) is 18.7. The summed E-state index contributed by atoms with van der Waals surface area (Å²) in [7, 11) is 1.56. The van der Waals surface area contributed by atoms with E-state index in [1.54, 1.807) is 50.4 Å². The Kier molecular flexibility index (Phi) is 6.58. The van der Waals surface area contributed by atoms with Crippen LogP contribution in [0.5, 0.6) is 5.75 Å². The van der Waals surface area contributed by atoms with E-state index in [-0.39, 0.29) is 42.9 Å². The molecule has 1 atom stereocenters. The quantitative estimate of drug-likeness (QED) is 0.558. The minimum absolute atomic E-state index is 0.0163. The minimum Gasteiger partial charge on any atom is -0.497 e. The number of methoxy groups -OCH3 is 1. The van der Waals surface area contributed by atoms with Crippen LogP contribution in [-0.4, -0.2) is 41.2 Å². The van der Waals surface area contributed by atoms with Gasteiger partial charge in [-0.2, -0.15) is 5.10 Å². The van der Waals surface area contributed by atoms with E-state index in [0.717, 1.165) is 5.56 Å². The van der Waals surface area contributed by atoms with Crippen LogP contribution >= 0.6 is 0 Å². The van der Waals surface area contributed by atoms with Gasteiger partial charge in [-0.1, -0.05) is 6.07 Å². The molecule has 1 unspecified atom stereocenters. The van der Waals surface area contributed by atoms with E-state index in [2.05, 4.69) is 15.7 Å². The molecule has 2 aromatic carbocycles. The molecule has 9 nitrogen and oxygen atoms in total. The van der Waals surface area contributed by atoms with Crippen molar-refractivity contribution in [3.05, 3.63) is 66.2 Å². The van der Waals surface area contributed by atoms with E-state index in [1.807, 2.05) is 0 Å². The molecule has 1 aliphatic heterocycles. The van der Waals surface area contributed by atoms with Crippen molar-refractivity contribution in [2.45, 2.75) is 19.9 Å². The Balaban J connectivity index is 1.32. The van der Waals surface area contributed by atoms with Gasteiger partial charge in [-0.05, 0) is 48.9 Å². The maximum atomic E-state index is 14.3. The van der Waals surface area contributed by atoms with Gasteiger partial charge in [0.1, 0.15) is 18.1 Å². The molecule has 0 spiro atoms. The molecule has 1 fully saturated rings. The van der Waals surface area contributed by atoms with Gasteiger partial charge < -0.3 is 20.3 Å². The van der Waals surface area contributed by atoms with Crippen LogP contribution in [0.3, 0.4) is 0 Å². The Morgan fingerprint density at radius 3 is 2.62 bits per heavy atom. The van der Waals surface area contributed by atoms with Crippen molar-refractivity contribution < 1.29 is 23.5 Å². The number of hydrogen-bond donors (Lipinski definition) is 2. The van der Waals surface area contributed by atoms with Crippen molar-refractivity contribution >= 4 is 34.8 Å². The van der Waals surface area contributed by atoms with Crippen LogP contribution in [0.15, 0.2) is 54.9 Å². The number of amides is 3. The number of carbonyl (C=O) groups is 3. The highest BCUT2D eigenvalue weighted by Crippen LogP contribution is 2.28. The molecule has 0 bridgehead atoms. The summed E-state index contributed by atoms with van der Waals surface area (Å²) in [6, 6.07) is 11.5. The Morgan fingerprint density at radius 2 is 1.91 bits per heavy atom. The predicted octanol–water partition coefficient (Wildman–Crippen LogP) is 2.97. The fourth-order valence-electron chi connectivity index (χ4n) is 3.73. The molecule has 4 rings (SSSR count). The summed E-state index contributed by atoms with van der Waals surface area (Å²) in [5, 5.41) is 9.57. The monoisotopic (exact) mass is 465 g/mol. The topological polar surface area (TPSA) is 106 Å². The van der Waals surface area contributed by atoms with Crippen LogP contribution in [0.2, 0.25) is 0 Å². The number of anilines is 3. The normalized spacial score (nSPS) is 15.3. The second-order valence-electron chi connectivity index (χ2n) is 8.05. The van der Waals surface area contributed by atoms with Gasteiger partial charge in [-0.25, -0.2) is 4.39 Å². The Bertz CT molecular complexity index is 1220. The van der Waals surface area contributed by atoms with Crippen molar-refractivity contribution in [3.8, 4) is 5.75 Å². The highest BCUT2D eigenvalue weighted by molar-refractivity contribution is 6.03. The average molecular weight is 465 g/mol. The molecular weight excluding hydrogens is 441 g/mol. The highest BCUT2D eigenvalue weighted by atomic mass is 19.1. The van der Waals surface area contributed by atoms with E-state index in [9.17, 15) is 18.8 Å². The zero-order chi connectivity index (χ0) is 24.2. The molecule has 2 heterocycles. The standard InChI is InChI=1S/C24H24FN5O4/c1-15-3-8-21(20(25)9-15)30-12-16(10-23(30)32)24(33)28-18-11-26-29(13-18)14-22(31)27-17-4-6-19(34-2)7-5-17/h3-9,11,13,16H,10,12,14H2,1-2H3,(H,27,31)(H,28,33). The molecular formula is C24H24FN5O4. The molecule has 34 heavy (non-hydrogen) atoms. The van der Waals surface area contributed by atoms with Crippen LogP contribution < -0.4 is 20.3 Å². The van der Waals surface area contributed by atoms with E-state index < -0.39 is 11.7 Å². The van der Waals surface area contributed by atoms with Crippen molar-refractivity contribution in [3.63, 3.8) is 0 Å². The molecule has 1 saturated heterocycles. The van der Waals surface area contributed by atoms with Gasteiger partial charge >= 0.3 is 0 Å². The summed E-state index contributed by atoms with van der Waals surface area (Å²) in [6.07, 6.45) is 2.93. The number of nitrogens with zero attached hydrogens (tertiary/aromatic N) is 3. The largest absolute Gasteiger partial charge is 0.497 e. The number of carbonyl (C=O) groups excluding carboxylic acids is 3. The number of halogens is 1. The number of ether oxygens (including phenoxy) is 1. The summed E-state index contributed by atoms with van der Waals surface area (Å²) in [5.74, 6) is -1.41. The second-order valence-corrected chi connectivity index (χ2v) is 8.05. The summed E-state index contributed by atoms with van der Waals surface area (Å²) < 4.78 is 20.8. The van der Waals surface area contributed by atoms with Crippen LogP contribution in [-0.2, 0) is 20.9 Å². The van der Waals surface area contributed by atoms with Gasteiger partial charge in [0, 0.05) is 24.8 Å². The van der Waals surface area contributed by atoms with Crippen molar-refractivity contribution in [2.75, 3.05) is 29.2 Å². The molecule has 2 N–H and O–H groups in total. The molecule has 0 saturated carbocycles. The summed E-state index contributed by atoms with van der Waals surface area (Å²) in [5.41, 5.74) is 1.93. The summed E-state index contributed by atoms with van der Waals surface area (Å²) in [4.78, 5) is 38.7. The lowest BCUT2D eigenvalue weighted by Crippen LogP contribution is -2.28. The Labute approximate surface area is 195 Å². The first-order chi connectivity index (χ1) is 16.3. The van der Waals surface area contributed by atoms with Crippen molar-refractivity contribution in [2.24, 2.45) is 5.92 Å². The third-order valence-electron chi connectivity index (χ3n) is 5.47. The van der Waals surface area contributed by atoms with Crippen LogP contribution in [0.1, 0.15) is 12.0 Å². The molecule has 3 amide bonds. The van der Waals surface area contributed by atoms with E-state index >= 15 is 0 Å². The first-order valence-electron chi connectivity index (χ1n) is 10.7. The molecule has 0 aliphatic carbocycles. The van der Waals surface area contributed by atoms with Crippen molar-refractivity contribution in [1.29, 1.82) is 0 Å². The van der Waals surface area contributed by atoms with Gasteiger partial charge in [0.15, 0.2) is 0 Å². The Hall–Kier alpha value is -4.21. The highest BCUT2D eigenvalue weighted by Gasteiger charge is 2.36. The number of benzene rings is 2. The molecule has 176 valence electrons. The zero-order valence-corrected chi connectivity index (χ0v) is 18.7. The minimum atomic E-state index is -0.630. The lowest BCUT2D eigenvalue weighted by Gasteiger charge is -2.17. The number of nitrogens with one attached hydrogen (secondary N) is 2. The van der Waals surface area contributed by atoms with Crippen LogP contribution in [0.4, 0.5) is 21.5 Å². The summed E-state index contributed by atoms with van der Waals surface area (Å²) in [6.45, 7) is 1.80. The van der Waals surface area contributed by atoms with Crippen molar-refractivity contribution in [1.82, 2.24) is 9.78 Å². The van der Waals surface area contributed by atoms with Crippen LogP contribution in [0, 0.1) is 18.7 Å². The van der Waals surface area contributed by atoms with Gasteiger partial charge in [-0.15, -0.1) is 0 Å². The van der Waals surface area contributed by atoms with E-state index in [0.29, 0.717) is 17.1 Å². The lowest BCUT2D eigenvalue weighted by atomic mass is 10.1. The summed E-state index contributed by atoms with van der Waals surface area (Å²) >= 11 is 0.